The Hall–Kier alpha value is -3.38. The predicted molar refractivity (Wildman–Crippen MR) is 117 cm³/mol. The first-order valence-corrected chi connectivity index (χ1v) is 10.3. The zero-order valence-electron chi connectivity index (χ0n) is 16.8. The average Bonchev–Trinajstić information content (AvgIpc) is 3.39. The summed E-state index contributed by atoms with van der Waals surface area (Å²) < 4.78 is 2.29. The van der Waals surface area contributed by atoms with Crippen LogP contribution in [0.15, 0.2) is 73.3 Å². The predicted octanol–water partition coefficient (Wildman–Crippen LogP) is 3.11. The van der Waals surface area contributed by atoms with E-state index in [0.717, 1.165) is 36.1 Å². The van der Waals surface area contributed by atoms with Gasteiger partial charge in [-0.2, -0.15) is 0 Å². The molecule has 4 aromatic rings. The van der Waals surface area contributed by atoms with Gasteiger partial charge in [0.25, 0.3) is 0 Å². The van der Waals surface area contributed by atoms with Crippen molar-refractivity contribution in [2.75, 3.05) is 6.54 Å². The molecule has 6 heteroatoms. The number of hydrogen-bond donors (Lipinski definition) is 2. The number of rotatable bonds is 6. The van der Waals surface area contributed by atoms with Crippen molar-refractivity contribution in [2.24, 2.45) is 0 Å². The van der Waals surface area contributed by atoms with Crippen molar-refractivity contribution in [1.29, 1.82) is 0 Å². The molecular weight excluding hydrogens is 374 g/mol. The van der Waals surface area contributed by atoms with Gasteiger partial charge in [-0.3, -0.25) is 14.7 Å². The normalized spacial score (nSPS) is 16.5. The smallest absolute Gasteiger partial charge is 0.224 e. The summed E-state index contributed by atoms with van der Waals surface area (Å²) >= 11 is 0. The lowest BCUT2D eigenvalue weighted by atomic mass is 10.1. The molecule has 30 heavy (non-hydrogen) atoms. The number of fused-ring (bicyclic) bond motifs is 2. The lowest BCUT2D eigenvalue weighted by Crippen LogP contribution is -2.48. The van der Waals surface area contributed by atoms with Gasteiger partial charge < -0.3 is 14.9 Å². The zero-order chi connectivity index (χ0) is 20.3. The summed E-state index contributed by atoms with van der Waals surface area (Å²) in [5.74, 6) is 0.0550. The second-order valence-electron chi connectivity index (χ2n) is 7.91. The van der Waals surface area contributed by atoms with Crippen LogP contribution in [0.5, 0.6) is 0 Å². The van der Waals surface area contributed by atoms with Crippen LogP contribution in [0.2, 0.25) is 0 Å². The average molecular weight is 399 g/mol. The van der Waals surface area contributed by atoms with Gasteiger partial charge in [-0.05, 0) is 35.4 Å². The Morgan fingerprint density at radius 3 is 3.00 bits per heavy atom. The van der Waals surface area contributed by atoms with Crippen molar-refractivity contribution in [3.63, 3.8) is 0 Å². The minimum absolute atomic E-state index is 0.0550. The number of carbonyl (C=O) groups excluding carboxylic acids is 1. The van der Waals surface area contributed by atoms with Gasteiger partial charge in [-0.1, -0.05) is 24.3 Å². The van der Waals surface area contributed by atoms with Crippen molar-refractivity contribution in [3.05, 3.63) is 90.1 Å². The third-order valence-electron chi connectivity index (χ3n) is 5.88. The summed E-state index contributed by atoms with van der Waals surface area (Å²) in [6, 6.07) is 16.7. The highest BCUT2D eigenvalue weighted by Crippen LogP contribution is 2.21. The van der Waals surface area contributed by atoms with Crippen molar-refractivity contribution in [3.8, 4) is 0 Å². The molecule has 0 radical (unpaired) electrons. The maximum absolute atomic E-state index is 12.7. The molecule has 6 nitrogen and oxygen atoms in total. The molecule has 1 aliphatic rings. The van der Waals surface area contributed by atoms with Gasteiger partial charge in [0, 0.05) is 73.6 Å². The largest absolute Gasteiger partial charge is 0.361 e. The summed E-state index contributed by atoms with van der Waals surface area (Å²) in [6.45, 7) is 3.18. The Labute approximate surface area is 175 Å². The van der Waals surface area contributed by atoms with Gasteiger partial charge in [0.1, 0.15) is 0 Å². The lowest BCUT2D eigenvalue weighted by molar-refractivity contribution is -0.120. The van der Waals surface area contributed by atoms with E-state index in [4.69, 9.17) is 0 Å². The summed E-state index contributed by atoms with van der Waals surface area (Å²) in [4.78, 5) is 22.6. The molecule has 152 valence electrons. The van der Waals surface area contributed by atoms with Crippen LogP contribution in [0.25, 0.3) is 10.9 Å². The minimum Gasteiger partial charge on any atom is -0.361 e. The summed E-state index contributed by atoms with van der Waals surface area (Å²) in [5, 5.41) is 4.28. The minimum atomic E-state index is 0.0550. The Morgan fingerprint density at radius 2 is 2.10 bits per heavy atom. The van der Waals surface area contributed by atoms with Gasteiger partial charge in [-0.15, -0.1) is 0 Å². The molecule has 1 aliphatic heterocycles. The fourth-order valence-corrected chi connectivity index (χ4v) is 4.30. The molecule has 0 spiro atoms. The number of nitrogens with one attached hydrogen (secondary N) is 2. The lowest BCUT2D eigenvalue weighted by Gasteiger charge is -2.37. The topological polar surface area (TPSA) is 66.0 Å². The molecular formula is C24H25N5O. The van der Waals surface area contributed by atoms with E-state index in [1.165, 1.54) is 11.3 Å². The van der Waals surface area contributed by atoms with Crippen molar-refractivity contribution in [1.82, 2.24) is 24.8 Å². The third kappa shape index (κ3) is 3.86. The first-order valence-electron chi connectivity index (χ1n) is 10.3. The van der Waals surface area contributed by atoms with Crippen molar-refractivity contribution >= 4 is 16.8 Å². The number of hydrogen-bond acceptors (Lipinski definition) is 3. The van der Waals surface area contributed by atoms with E-state index < -0.39 is 0 Å². The van der Waals surface area contributed by atoms with Gasteiger partial charge >= 0.3 is 0 Å². The number of aromatic amines is 1. The number of pyridine rings is 1. The molecule has 1 amide bonds. The van der Waals surface area contributed by atoms with Gasteiger partial charge in [0.2, 0.25) is 5.91 Å². The van der Waals surface area contributed by atoms with Crippen molar-refractivity contribution < 1.29 is 4.79 Å². The van der Waals surface area contributed by atoms with E-state index in [1.807, 2.05) is 36.7 Å². The molecule has 1 atom stereocenters. The van der Waals surface area contributed by atoms with E-state index in [0.29, 0.717) is 13.0 Å². The highest BCUT2D eigenvalue weighted by Gasteiger charge is 2.26. The third-order valence-corrected chi connectivity index (χ3v) is 5.88. The molecule has 4 heterocycles. The Morgan fingerprint density at radius 1 is 1.17 bits per heavy atom. The number of para-hydroxylation sites is 1. The van der Waals surface area contributed by atoms with Gasteiger partial charge in [-0.25, -0.2) is 0 Å². The molecule has 2 N–H and O–H groups in total. The van der Waals surface area contributed by atoms with Crippen LogP contribution < -0.4 is 5.32 Å². The number of benzene rings is 1. The number of nitrogens with zero attached hydrogens (tertiary/aromatic N) is 3. The van der Waals surface area contributed by atoms with Crippen LogP contribution >= 0.6 is 0 Å². The molecule has 0 aliphatic carbocycles. The fourth-order valence-electron chi connectivity index (χ4n) is 4.30. The van der Waals surface area contributed by atoms with E-state index >= 15 is 0 Å². The number of amides is 1. The van der Waals surface area contributed by atoms with Crippen LogP contribution in [0.3, 0.4) is 0 Å². The van der Waals surface area contributed by atoms with Crippen LogP contribution in [-0.4, -0.2) is 37.9 Å². The van der Waals surface area contributed by atoms with E-state index in [2.05, 4.69) is 55.2 Å². The molecule has 5 rings (SSSR count). The van der Waals surface area contributed by atoms with Crippen LogP contribution in [0.4, 0.5) is 0 Å². The standard InChI is InChI=1S/C24H25N5O/c30-24(11-19-13-26-23-8-2-1-7-22(19)23)27-14-21-17-28-10-4-6-20(28)16-29(21)15-18-5-3-9-25-12-18/h1-10,12-13,21,26H,11,14-17H2,(H,27,30). The van der Waals surface area contributed by atoms with E-state index in [1.54, 1.807) is 6.20 Å². The first kappa shape index (κ1) is 18.6. The molecule has 0 bridgehead atoms. The fraction of sp³-hybridized carbons (Fsp3) is 0.250. The number of aromatic nitrogens is 3. The van der Waals surface area contributed by atoms with E-state index in [9.17, 15) is 4.79 Å². The van der Waals surface area contributed by atoms with E-state index in [-0.39, 0.29) is 11.9 Å². The quantitative estimate of drug-likeness (QED) is 0.524. The summed E-state index contributed by atoms with van der Waals surface area (Å²) in [5.41, 5.74) is 4.59. The highest BCUT2D eigenvalue weighted by molar-refractivity contribution is 5.88. The Kier molecular flexibility index (Phi) is 5.07. The molecule has 0 fully saturated rings. The van der Waals surface area contributed by atoms with Crippen LogP contribution in [-0.2, 0) is 30.8 Å². The molecule has 1 unspecified atom stereocenters. The summed E-state index contributed by atoms with van der Waals surface area (Å²) in [6.07, 6.45) is 8.16. The molecule has 1 aromatic carbocycles. The second-order valence-corrected chi connectivity index (χ2v) is 7.91. The monoisotopic (exact) mass is 399 g/mol. The maximum atomic E-state index is 12.7. The van der Waals surface area contributed by atoms with Crippen molar-refractivity contribution in [2.45, 2.75) is 32.1 Å². The SMILES string of the molecule is O=C(Cc1c[nH]c2ccccc12)NCC1Cn2cccc2CN1Cc1cccnc1. The molecule has 0 saturated carbocycles. The zero-order valence-corrected chi connectivity index (χ0v) is 16.8. The second kappa shape index (κ2) is 8.16. The highest BCUT2D eigenvalue weighted by atomic mass is 16.1. The Bertz CT molecular complexity index is 1150. The van der Waals surface area contributed by atoms with Gasteiger partial charge in [0.05, 0.1) is 6.42 Å². The number of H-pyrrole nitrogens is 1. The molecule has 0 saturated heterocycles. The summed E-state index contributed by atoms with van der Waals surface area (Å²) in [7, 11) is 0. The maximum Gasteiger partial charge on any atom is 0.224 e. The van der Waals surface area contributed by atoms with Gasteiger partial charge in [0.15, 0.2) is 0 Å². The van der Waals surface area contributed by atoms with Crippen LogP contribution in [0, 0.1) is 0 Å². The number of carbonyl (C=O) groups is 1. The molecule has 3 aromatic heterocycles. The Balaban J connectivity index is 1.26. The van der Waals surface area contributed by atoms with Crippen LogP contribution in [0.1, 0.15) is 16.8 Å². The first-order chi connectivity index (χ1) is 14.8.